The smallest absolute Gasteiger partial charge is 0.328 e. The molecule has 0 heterocycles. The second kappa shape index (κ2) is 6.03. The molecule has 0 aromatic heterocycles. The van der Waals surface area contributed by atoms with Gasteiger partial charge in [0.2, 0.25) is 5.41 Å². The summed E-state index contributed by atoms with van der Waals surface area (Å²) >= 11 is 0. The third kappa shape index (κ3) is 2.64. The van der Waals surface area contributed by atoms with Crippen molar-refractivity contribution in [3.8, 4) is 0 Å². The van der Waals surface area contributed by atoms with Crippen molar-refractivity contribution in [3.63, 3.8) is 0 Å². The van der Waals surface area contributed by atoms with Gasteiger partial charge in [-0.15, -0.1) is 0 Å². The van der Waals surface area contributed by atoms with Crippen molar-refractivity contribution >= 4 is 11.9 Å². The number of carbonyl (C=O) groups is 2. The van der Waals surface area contributed by atoms with Crippen LogP contribution in [0.1, 0.15) is 5.56 Å². The van der Waals surface area contributed by atoms with Crippen molar-refractivity contribution in [3.05, 3.63) is 95.6 Å². The van der Waals surface area contributed by atoms with Gasteiger partial charge < -0.3 is 15.9 Å². The summed E-state index contributed by atoms with van der Waals surface area (Å²) < 4.78 is 0. The highest BCUT2D eigenvalue weighted by Gasteiger charge is 2.43. The van der Waals surface area contributed by atoms with Gasteiger partial charge >= 0.3 is 11.9 Å². The van der Waals surface area contributed by atoms with Gasteiger partial charge in [-0.25, -0.2) is 0 Å². The fourth-order valence-corrected chi connectivity index (χ4v) is 3.00. The number of aliphatic carboxylic acids is 2. The van der Waals surface area contributed by atoms with E-state index in [4.69, 9.17) is 5.73 Å². The molecule has 2 aliphatic rings. The lowest BCUT2D eigenvalue weighted by atomic mass is 9.75. The first-order valence-corrected chi connectivity index (χ1v) is 7.70. The highest BCUT2D eigenvalue weighted by Crippen LogP contribution is 2.37. The van der Waals surface area contributed by atoms with Crippen molar-refractivity contribution < 1.29 is 19.8 Å². The Labute approximate surface area is 144 Å². The monoisotopic (exact) mass is 335 g/mol. The zero-order chi connectivity index (χ0) is 18.1. The third-order valence-corrected chi connectivity index (χ3v) is 4.50. The van der Waals surface area contributed by atoms with Crippen molar-refractivity contribution in [1.29, 1.82) is 0 Å². The topological polar surface area (TPSA) is 101 Å². The fourth-order valence-electron chi connectivity index (χ4n) is 3.00. The molecule has 0 saturated heterocycles. The maximum absolute atomic E-state index is 11.4. The lowest BCUT2D eigenvalue weighted by Crippen LogP contribution is -2.39. The van der Waals surface area contributed by atoms with Gasteiger partial charge in [0.1, 0.15) is 0 Å². The molecule has 1 unspecified atom stereocenters. The Morgan fingerprint density at radius 3 is 2.00 bits per heavy atom. The first-order chi connectivity index (χ1) is 11.9. The minimum absolute atomic E-state index is 0.671. The van der Waals surface area contributed by atoms with Crippen LogP contribution in [0, 0.1) is 5.41 Å². The molecule has 0 amide bonds. The predicted molar refractivity (Wildman–Crippen MR) is 93.6 cm³/mol. The largest absolute Gasteiger partial charge is 0.480 e. The molecule has 0 fully saturated rings. The van der Waals surface area contributed by atoms with Crippen LogP contribution in [0.3, 0.4) is 0 Å². The van der Waals surface area contributed by atoms with E-state index in [-0.39, 0.29) is 0 Å². The van der Waals surface area contributed by atoms with Gasteiger partial charge in [-0.05, 0) is 16.7 Å². The van der Waals surface area contributed by atoms with Crippen LogP contribution in [0.5, 0.6) is 0 Å². The van der Waals surface area contributed by atoms with E-state index in [0.717, 1.165) is 11.1 Å². The predicted octanol–water partition coefficient (Wildman–Crippen LogP) is 2.54. The van der Waals surface area contributed by atoms with Gasteiger partial charge in [-0.3, -0.25) is 9.59 Å². The summed E-state index contributed by atoms with van der Waals surface area (Å²) in [6.45, 7) is 0. The molecule has 1 aromatic carbocycles. The molecule has 5 heteroatoms. The zero-order valence-electron chi connectivity index (χ0n) is 13.3. The summed E-state index contributed by atoms with van der Waals surface area (Å²) in [6, 6.07) is 9.52. The van der Waals surface area contributed by atoms with Crippen LogP contribution in [-0.4, -0.2) is 22.2 Å². The molecule has 0 aliphatic heterocycles. The van der Waals surface area contributed by atoms with E-state index in [1.165, 1.54) is 24.3 Å². The van der Waals surface area contributed by atoms with Crippen molar-refractivity contribution in [2.45, 2.75) is 5.54 Å². The Morgan fingerprint density at radius 2 is 1.44 bits per heavy atom. The van der Waals surface area contributed by atoms with Crippen molar-refractivity contribution in [2.24, 2.45) is 11.1 Å². The maximum atomic E-state index is 11.4. The van der Waals surface area contributed by atoms with Crippen LogP contribution in [0.15, 0.2) is 90.1 Å². The first-order valence-electron chi connectivity index (χ1n) is 7.70. The number of allylic oxidation sites excluding steroid dienone is 5. The van der Waals surface area contributed by atoms with Crippen LogP contribution in [0.2, 0.25) is 0 Å². The number of carboxylic acids is 2. The second-order valence-corrected chi connectivity index (χ2v) is 5.97. The van der Waals surface area contributed by atoms with E-state index in [2.05, 4.69) is 0 Å². The number of hydrogen-bond acceptors (Lipinski definition) is 3. The van der Waals surface area contributed by atoms with Gasteiger partial charge in [0.15, 0.2) is 0 Å². The van der Waals surface area contributed by atoms with Crippen LogP contribution in [0.4, 0.5) is 0 Å². The van der Waals surface area contributed by atoms with Crippen molar-refractivity contribution in [1.82, 2.24) is 0 Å². The molecule has 1 atom stereocenters. The third-order valence-electron chi connectivity index (χ3n) is 4.50. The fraction of sp³-hybridized carbons (Fsp3) is 0.100. The van der Waals surface area contributed by atoms with E-state index < -0.39 is 22.9 Å². The number of nitrogens with two attached hydrogens (primary N) is 1. The maximum Gasteiger partial charge on any atom is 0.328 e. The Morgan fingerprint density at radius 1 is 0.840 bits per heavy atom. The van der Waals surface area contributed by atoms with Crippen LogP contribution >= 0.6 is 0 Å². The number of benzene rings is 1. The molecule has 25 heavy (non-hydrogen) atoms. The lowest BCUT2D eigenvalue weighted by Gasteiger charge is -2.32. The summed E-state index contributed by atoms with van der Waals surface area (Å²) in [4.78, 5) is 22.8. The summed E-state index contributed by atoms with van der Waals surface area (Å²) in [7, 11) is 0. The molecule has 4 N–H and O–H groups in total. The average Bonchev–Trinajstić information content (AvgIpc) is 2.62. The Kier molecular flexibility index (Phi) is 4.02. The molecule has 0 radical (unpaired) electrons. The number of carboxylic acid groups (broad SMARTS) is 2. The summed E-state index contributed by atoms with van der Waals surface area (Å²) in [5, 5.41) is 18.6. The zero-order valence-corrected chi connectivity index (χ0v) is 13.3. The molecule has 0 bridgehead atoms. The summed E-state index contributed by atoms with van der Waals surface area (Å²) in [5.41, 5.74) is 6.03. The van der Waals surface area contributed by atoms with Crippen LogP contribution in [0.25, 0.3) is 0 Å². The highest BCUT2D eigenvalue weighted by molar-refractivity contribution is 6.03. The Bertz CT molecular complexity index is 842. The molecule has 2 aliphatic carbocycles. The first kappa shape index (κ1) is 16.7. The van der Waals surface area contributed by atoms with Gasteiger partial charge in [0.25, 0.3) is 0 Å². The minimum Gasteiger partial charge on any atom is -0.480 e. The molecule has 5 nitrogen and oxygen atoms in total. The molecule has 0 spiro atoms. The Balaban J connectivity index is 2.10. The minimum atomic E-state index is -2.05. The lowest BCUT2D eigenvalue weighted by molar-refractivity contribution is -0.157. The number of rotatable bonds is 3. The van der Waals surface area contributed by atoms with Gasteiger partial charge in [0, 0.05) is 0 Å². The summed E-state index contributed by atoms with van der Waals surface area (Å²) in [6.07, 6.45) is 12.8. The Hall–Kier alpha value is -3.18. The van der Waals surface area contributed by atoms with Crippen LogP contribution in [-0.2, 0) is 15.1 Å². The number of hydrogen-bond donors (Lipinski definition) is 3. The van der Waals surface area contributed by atoms with Gasteiger partial charge in [-0.1, -0.05) is 78.9 Å². The standard InChI is InChI=1S/C20H17NO4/c21-20(15-6-2-1-3-7-15)11-5-4-8-16(20)14-9-12-19(13-10-14,17(22)23)18(24)25/h1-13H,21H2,(H,22,23)(H,24,25). The van der Waals surface area contributed by atoms with Gasteiger partial charge in [0.05, 0.1) is 5.54 Å². The van der Waals surface area contributed by atoms with E-state index in [1.54, 1.807) is 0 Å². The van der Waals surface area contributed by atoms with E-state index in [9.17, 15) is 19.8 Å². The molecular formula is C20H17NO4. The normalized spacial score (nSPS) is 23.7. The molecule has 1 aromatic rings. The quantitative estimate of drug-likeness (QED) is 0.737. The van der Waals surface area contributed by atoms with Crippen molar-refractivity contribution in [2.75, 3.05) is 0 Å². The highest BCUT2D eigenvalue weighted by atomic mass is 16.4. The molecule has 126 valence electrons. The van der Waals surface area contributed by atoms with Crippen LogP contribution < -0.4 is 5.73 Å². The van der Waals surface area contributed by atoms with E-state index in [1.807, 2.05) is 54.6 Å². The average molecular weight is 335 g/mol. The molecule has 3 rings (SSSR count). The molecule has 0 saturated carbocycles. The van der Waals surface area contributed by atoms with E-state index >= 15 is 0 Å². The summed E-state index contributed by atoms with van der Waals surface area (Å²) in [5.74, 6) is -2.87. The second-order valence-electron chi connectivity index (χ2n) is 5.97. The van der Waals surface area contributed by atoms with Gasteiger partial charge in [-0.2, -0.15) is 0 Å². The SMILES string of the molecule is NC1(c2ccccc2)C=CC=CC1=C1C=CC(C(=O)O)(C(=O)O)C=C1. The molecular weight excluding hydrogens is 318 g/mol. The van der Waals surface area contributed by atoms with E-state index in [0.29, 0.717) is 5.57 Å².